The molecule has 0 bridgehead atoms. The Balaban J connectivity index is 2.15. The van der Waals surface area contributed by atoms with Gasteiger partial charge in [0.25, 0.3) is 0 Å². The summed E-state index contributed by atoms with van der Waals surface area (Å²) >= 11 is 1.81. The van der Waals surface area contributed by atoms with Crippen LogP contribution < -0.4 is 11.3 Å². The highest BCUT2D eigenvalue weighted by Crippen LogP contribution is 2.30. The van der Waals surface area contributed by atoms with Crippen LogP contribution in [-0.2, 0) is 6.42 Å². The van der Waals surface area contributed by atoms with E-state index < -0.39 is 0 Å². The Morgan fingerprint density at radius 1 is 1.33 bits per heavy atom. The van der Waals surface area contributed by atoms with Crippen LogP contribution in [0.3, 0.4) is 0 Å². The number of nitrogens with one attached hydrogen (secondary N) is 1. The zero-order valence-corrected chi connectivity index (χ0v) is 14.7. The largest absolute Gasteiger partial charge is 0.296 e. The van der Waals surface area contributed by atoms with Gasteiger partial charge in [0.05, 0.1) is 10.7 Å². The van der Waals surface area contributed by atoms with Crippen LogP contribution in [0.2, 0.25) is 0 Å². The van der Waals surface area contributed by atoms with Gasteiger partial charge < -0.3 is 0 Å². The molecule has 5 heteroatoms. The van der Waals surface area contributed by atoms with E-state index in [-0.39, 0.29) is 11.6 Å². The Morgan fingerprint density at radius 2 is 2.00 bits per heavy atom. The lowest BCUT2D eigenvalue weighted by Crippen LogP contribution is -2.62. The minimum absolute atomic E-state index is 0.0999. The summed E-state index contributed by atoms with van der Waals surface area (Å²) in [5.41, 5.74) is 4.35. The van der Waals surface area contributed by atoms with Crippen LogP contribution >= 0.6 is 11.3 Å². The van der Waals surface area contributed by atoms with Crippen LogP contribution in [0.15, 0.2) is 0 Å². The molecule has 1 aliphatic rings. The first-order valence-electron chi connectivity index (χ1n) is 8.15. The molecule has 120 valence electrons. The predicted molar refractivity (Wildman–Crippen MR) is 90.5 cm³/mol. The van der Waals surface area contributed by atoms with E-state index in [1.165, 1.54) is 42.2 Å². The van der Waals surface area contributed by atoms with E-state index in [0.717, 1.165) is 18.5 Å². The molecule has 0 radical (unpaired) electrons. The van der Waals surface area contributed by atoms with Crippen molar-refractivity contribution >= 4 is 11.3 Å². The fourth-order valence-corrected chi connectivity index (χ4v) is 4.33. The molecule has 1 aromatic rings. The Hall–Kier alpha value is -0.490. The summed E-state index contributed by atoms with van der Waals surface area (Å²) in [6.07, 6.45) is 5.99. The molecule has 0 spiro atoms. The van der Waals surface area contributed by atoms with Gasteiger partial charge in [-0.3, -0.25) is 16.2 Å². The number of nitrogens with two attached hydrogens (primary N) is 1. The van der Waals surface area contributed by atoms with E-state index in [4.69, 9.17) is 10.8 Å². The lowest BCUT2D eigenvalue weighted by Gasteiger charge is -2.47. The van der Waals surface area contributed by atoms with Crippen molar-refractivity contribution in [2.45, 2.75) is 71.4 Å². The topological polar surface area (TPSA) is 54.2 Å². The van der Waals surface area contributed by atoms with Crippen molar-refractivity contribution < 1.29 is 0 Å². The van der Waals surface area contributed by atoms with Crippen molar-refractivity contribution in [2.75, 3.05) is 13.1 Å². The molecular weight excluding hydrogens is 280 g/mol. The molecular formula is C16H30N4S. The third-order valence-corrected chi connectivity index (χ3v) is 6.29. The van der Waals surface area contributed by atoms with Crippen molar-refractivity contribution in [1.29, 1.82) is 0 Å². The summed E-state index contributed by atoms with van der Waals surface area (Å²) < 4.78 is 0. The van der Waals surface area contributed by atoms with Crippen molar-refractivity contribution in [2.24, 2.45) is 5.84 Å². The van der Waals surface area contributed by atoms with Gasteiger partial charge >= 0.3 is 0 Å². The zero-order valence-electron chi connectivity index (χ0n) is 13.9. The second kappa shape index (κ2) is 7.18. The summed E-state index contributed by atoms with van der Waals surface area (Å²) in [6, 6.07) is 0.241. The van der Waals surface area contributed by atoms with E-state index in [1.807, 2.05) is 0 Å². The molecule has 4 nitrogen and oxygen atoms in total. The number of piperidine rings is 1. The molecule has 21 heavy (non-hydrogen) atoms. The van der Waals surface area contributed by atoms with Crippen molar-refractivity contribution in [3.63, 3.8) is 0 Å². The summed E-state index contributed by atoms with van der Waals surface area (Å²) in [5.74, 6) is 5.93. The second-order valence-electron chi connectivity index (χ2n) is 6.43. The molecule has 3 N–H and O–H groups in total. The molecule has 1 saturated heterocycles. The first-order valence-corrected chi connectivity index (χ1v) is 8.97. The predicted octanol–water partition coefficient (Wildman–Crippen LogP) is 2.79. The number of thiazole rings is 1. The van der Waals surface area contributed by atoms with Crippen LogP contribution in [0, 0.1) is 13.8 Å². The molecule has 2 unspecified atom stereocenters. The van der Waals surface area contributed by atoms with Gasteiger partial charge in [-0.05, 0) is 53.1 Å². The zero-order chi connectivity index (χ0) is 15.5. The molecule has 0 saturated carbocycles. The smallest absolute Gasteiger partial charge is 0.0947 e. The quantitative estimate of drug-likeness (QED) is 0.627. The summed E-state index contributed by atoms with van der Waals surface area (Å²) in [4.78, 5) is 8.65. The number of hydrazine groups is 1. The molecule has 0 aliphatic carbocycles. The molecule has 2 atom stereocenters. The van der Waals surface area contributed by atoms with Crippen LogP contribution in [0.5, 0.6) is 0 Å². The lowest BCUT2D eigenvalue weighted by atomic mass is 9.84. The average Bonchev–Trinajstić information content (AvgIpc) is 2.83. The van der Waals surface area contributed by atoms with E-state index in [1.54, 1.807) is 11.3 Å². The maximum Gasteiger partial charge on any atom is 0.0947 e. The van der Waals surface area contributed by atoms with Gasteiger partial charge in [-0.1, -0.05) is 13.3 Å². The SMILES string of the molecule is CCC(C)(C(Cc1nc(C)c(C)s1)NN)N1CCCCC1. The highest BCUT2D eigenvalue weighted by Gasteiger charge is 2.38. The highest BCUT2D eigenvalue weighted by molar-refractivity contribution is 7.11. The fraction of sp³-hybridized carbons (Fsp3) is 0.812. The van der Waals surface area contributed by atoms with E-state index in [2.05, 4.69) is 38.0 Å². The Kier molecular flexibility index (Phi) is 5.77. The Bertz CT molecular complexity index is 434. The minimum atomic E-state index is 0.0999. The number of aromatic nitrogens is 1. The van der Waals surface area contributed by atoms with Gasteiger partial charge in [0.2, 0.25) is 0 Å². The highest BCUT2D eigenvalue weighted by atomic mass is 32.1. The molecule has 0 amide bonds. The van der Waals surface area contributed by atoms with Crippen LogP contribution in [-0.4, -0.2) is 34.6 Å². The molecule has 2 rings (SSSR count). The van der Waals surface area contributed by atoms with Gasteiger partial charge in [-0.15, -0.1) is 11.3 Å². The summed E-state index contributed by atoms with van der Waals surface area (Å²) in [5, 5.41) is 1.20. The number of likely N-dealkylation sites (tertiary alicyclic amines) is 1. The van der Waals surface area contributed by atoms with E-state index in [9.17, 15) is 0 Å². The van der Waals surface area contributed by atoms with Crippen molar-refractivity contribution in [3.8, 4) is 0 Å². The minimum Gasteiger partial charge on any atom is -0.296 e. The van der Waals surface area contributed by atoms with Gasteiger partial charge in [0, 0.05) is 22.9 Å². The van der Waals surface area contributed by atoms with Crippen molar-refractivity contribution in [1.82, 2.24) is 15.3 Å². The molecule has 0 aromatic carbocycles. The summed E-state index contributed by atoms with van der Waals surface area (Å²) in [6.45, 7) is 11.2. The van der Waals surface area contributed by atoms with E-state index in [0.29, 0.717) is 0 Å². The number of rotatable bonds is 6. The first-order chi connectivity index (χ1) is 10.0. The Morgan fingerprint density at radius 3 is 2.48 bits per heavy atom. The van der Waals surface area contributed by atoms with Crippen molar-refractivity contribution in [3.05, 3.63) is 15.6 Å². The van der Waals surface area contributed by atoms with Crippen LogP contribution in [0.4, 0.5) is 0 Å². The monoisotopic (exact) mass is 310 g/mol. The van der Waals surface area contributed by atoms with E-state index >= 15 is 0 Å². The fourth-order valence-electron chi connectivity index (χ4n) is 3.35. The number of nitrogens with zero attached hydrogens (tertiary/aromatic N) is 2. The first kappa shape index (κ1) is 16.9. The lowest BCUT2D eigenvalue weighted by molar-refractivity contribution is 0.0429. The van der Waals surface area contributed by atoms with Crippen LogP contribution in [0.25, 0.3) is 0 Å². The van der Waals surface area contributed by atoms with Crippen LogP contribution in [0.1, 0.15) is 55.1 Å². The molecule has 1 aromatic heterocycles. The van der Waals surface area contributed by atoms with Gasteiger partial charge in [0.1, 0.15) is 0 Å². The third kappa shape index (κ3) is 3.65. The van der Waals surface area contributed by atoms with Gasteiger partial charge in [0.15, 0.2) is 0 Å². The molecule has 1 aliphatic heterocycles. The van der Waals surface area contributed by atoms with Gasteiger partial charge in [-0.2, -0.15) is 0 Å². The number of aryl methyl sites for hydroxylation is 2. The third-order valence-electron chi connectivity index (χ3n) is 5.20. The average molecular weight is 311 g/mol. The number of hydrogen-bond acceptors (Lipinski definition) is 5. The Labute approximate surface area is 133 Å². The second-order valence-corrected chi connectivity index (χ2v) is 7.72. The molecule has 2 heterocycles. The maximum atomic E-state index is 5.93. The van der Waals surface area contributed by atoms with Gasteiger partial charge in [-0.25, -0.2) is 4.98 Å². The standard InChI is InChI=1S/C16H30N4S/c1-5-16(4,20-9-7-6-8-10-20)14(19-17)11-15-18-12(2)13(3)21-15/h14,19H,5-11,17H2,1-4H3. The molecule has 1 fully saturated rings. The number of hydrogen-bond donors (Lipinski definition) is 2. The summed E-state index contributed by atoms with van der Waals surface area (Å²) in [7, 11) is 0. The maximum absolute atomic E-state index is 5.93. The normalized spacial score (nSPS) is 21.2.